The third-order valence-electron chi connectivity index (χ3n) is 1.04. The van der Waals surface area contributed by atoms with Gasteiger partial charge in [-0.25, -0.2) is 27.4 Å². The quantitative estimate of drug-likeness (QED) is 0.107. The zero-order valence-electron chi connectivity index (χ0n) is 12.8. The maximum atomic E-state index is 11.2. The van der Waals surface area contributed by atoms with E-state index >= 15 is 0 Å². The second kappa shape index (κ2) is 9.51. The molecule has 0 heterocycles. The summed E-state index contributed by atoms with van der Waals surface area (Å²) in [7, 11) is -36.2. The molecule has 0 spiro atoms. The van der Waals surface area contributed by atoms with Crippen LogP contribution in [0.5, 0.6) is 0 Å². The monoisotopic (exact) mass is 506 g/mol. The van der Waals surface area contributed by atoms with Gasteiger partial charge in [-0.1, -0.05) is 0 Å². The number of rotatable bonds is 10. The average molecular weight is 506 g/mol. The molecule has 0 amide bonds. The van der Waals surface area contributed by atoms with Gasteiger partial charge in [0.25, 0.3) is 0 Å². The molecular formula is H9LiO19P6. The van der Waals surface area contributed by atoms with Crippen LogP contribution in [-0.4, -0.2) is 39.1 Å². The Kier molecular flexibility index (Phi) is 10.8. The van der Waals surface area contributed by atoms with Gasteiger partial charge in [-0.05, 0) is 0 Å². The molecule has 19 nitrogen and oxygen atoms in total. The van der Waals surface area contributed by atoms with Crippen LogP contribution in [0, 0.1) is 0 Å². The molecule has 0 aromatic rings. The summed E-state index contributed by atoms with van der Waals surface area (Å²) in [5.74, 6) is 0. The summed E-state index contributed by atoms with van der Waals surface area (Å²) >= 11 is 0. The van der Waals surface area contributed by atoms with Crippen LogP contribution in [0.3, 0.4) is 0 Å². The molecular weight excluding hydrogens is 497 g/mol. The van der Waals surface area contributed by atoms with Crippen LogP contribution in [0.25, 0.3) is 0 Å². The van der Waals surface area contributed by atoms with Crippen LogP contribution >= 0.6 is 46.9 Å². The minimum atomic E-state index is -6.26. The second-order valence-electron chi connectivity index (χ2n) is 3.26. The van der Waals surface area contributed by atoms with Gasteiger partial charge in [-0.15, -0.1) is 0 Å². The Labute approximate surface area is 155 Å². The van der Waals surface area contributed by atoms with Crippen LogP contribution in [0.15, 0.2) is 0 Å². The molecule has 0 rings (SSSR count). The van der Waals surface area contributed by atoms with Crippen molar-refractivity contribution in [2.24, 2.45) is 0 Å². The van der Waals surface area contributed by atoms with E-state index in [-0.39, 0.29) is 20.3 Å². The topological polar surface area (TPSA) is 310 Å². The fourth-order valence-corrected chi connectivity index (χ4v) is 7.55. The molecule has 26 heteroatoms. The molecule has 4 unspecified atom stereocenters. The van der Waals surface area contributed by atoms with Gasteiger partial charge in [0.15, 0.2) is 0 Å². The van der Waals surface area contributed by atoms with Crippen molar-refractivity contribution in [2.75, 3.05) is 0 Å². The second-order valence-corrected chi connectivity index (χ2v) is 12.2. The van der Waals surface area contributed by atoms with Crippen molar-refractivity contribution in [3.05, 3.63) is 0 Å². The first-order valence-corrected chi connectivity index (χ1v) is 13.6. The summed E-state index contributed by atoms with van der Waals surface area (Å²) in [6.45, 7) is 0. The van der Waals surface area contributed by atoms with Gasteiger partial charge in [0, 0.05) is 0 Å². The van der Waals surface area contributed by atoms with Crippen LogP contribution in [0.2, 0.25) is 0 Å². The van der Waals surface area contributed by atoms with Gasteiger partial charge in [0.05, 0.1) is 0 Å². The molecule has 0 aliphatic rings. The number of phosphoric acid groups is 6. The molecule has 26 heavy (non-hydrogen) atoms. The summed E-state index contributed by atoms with van der Waals surface area (Å²) < 4.78 is 80.4. The summed E-state index contributed by atoms with van der Waals surface area (Å²) in [5.41, 5.74) is 0. The molecule has 0 radical (unpaired) electrons. The Bertz CT molecular complexity index is 703. The summed E-state index contributed by atoms with van der Waals surface area (Å²) in [4.78, 5) is 68.1. The van der Waals surface area contributed by atoms with Crippen molar-refractivity contribution in [3.8, 4) is 0 Å². The predicted octanol–water partition coefficient (Wildman–Crippen LogP) is -3.23. The third-order valence-corrected chi connectivity index (χ3v) is 9.34. The van der Waals surface area contributed by atoms with Gasteiger partial charge in [0.1, 0.15) is 0 Å². The smallest absolute Gasteiger partial charge is 1.00 e. The molecule has 8 N–H and O–H groups in total. The van der Waals surface area contributed by atoms with E-state index in [9.17, 15) is 27.4 Å². The maximum absolute atomic E-state index is 11.2. The molecule has 154 valence electrons. The largest absolute Gasteiger partial charge is 1.00 e. The molecule has 0 bridgehead atoms. The molecule has 0 aromatic carbocycles. The summed E-state index contributed by atoms with van der Waals surface area (Å²) in [6, 6.07) is 0. The normalized spacial score (nSPS) is 22.2. The zero-order chi connectivity index (χ0) is 20.5. The Morgan fingerprint density at radius 3 is 0.731 bits per heavy atom. The molecule has 4 atom stereocenters. The van der Waals surface area contributed by atoms with E-state index in [2.05, 4.69) is 21.6 Å². The van der Waals surface area contributed by atoms with E-state index < -0.39 is 46.9 Å². The standard InChI is InChI=1S/Li.H8O19P6.H/c;1-20(2,3)15-22(7,8)17-24(11,12)19-25(13,14)18-23(9,10)16-21(4,5)6;/h;(H,7,8)(H,9,10)(H,11,12)(H,13,14)(H2,1,2,3)(H2,4,5,6);/q+1;;-1. The van der Waals surface area contributed by atoms with Crippen molar-refractivity contribution in [1.82, 2.24) is 0 Å². The molecule has 0 aliphatic heterocycles. The third kappa shape index (κ3) is 15.4. The summed E-state index contributed by atoms with van der Waals surface area (Å²) in [5, 5.41) is 0. The van der Waals surface area contributed by atoms with Crippen molar-refractivity contribution in [2.45, 2.75) is 0 Å². The van der Waals surface area contributed by atoms with Gasteiger partial charge in [-0.2, -0.15) is 21.6 Å². The maximum Gasteiger partial charge on any atom is 1.00 e. The van der Waals surface area contributed by atoms with E-state index in [0.717, 1.165) is 0 Å². The van der Waals surface area contributed by atoms with E-state index in [4.69, 9.17) is 39.1 Å². The Morgan fingerprint density at radius 1 is 0.423 bits per heavy atom. The van der Waals surface area contributed by atoms with Crippen molar-refractivity contribution in [1.29, 1.82) is 0 Å². The fourth-order valence-electron chi connectivity index (χ4n) is 0.720. The fraction of sp³-hybridized carbons (Fsp3) is 0. The molecule has 0 saturated heterocycles. The van der Waals surface area contributed by atoms with Crippen molar-refractivity contribution in [3.63, 3.8) is 0 Å². The molecule has 0 saturated carbocycles. The molecule has 0 fully saturated rings. The van der Waals surface area contributed by atoms with Crippen LogP contribution < -0.4 is 18.9 Å². The minimum absolute atomic E-state index is 0. The van der Waals surface area contributed by atoms with Gasteiger partial charge >= 0.3 is 65.8 Å². The summed E-state index contributed by atoms with van der Waals surface area (Å²) in [6.07, 6.45) is 0. The minimum Gasteiger partial charge on any atom is -1.00 e. The Morgan fingerprint density at radius 2 is 0.577 bits per heavy atom. The Hall–Kier alpha value is 1.46. The first kappa shape index (κ1) is 29.7. The van der Waals surface area contributed by atoms with Crippen LogP contribution in [-0.2, 0) is 48.9 Å². The predicted molar refractivity (Wildman–Crippen MR) is 69.9 cm³/mol. The van der Waals surface area contributed by atoms with Gasteiger partial charge < -0.3 is 40.6 Å². The van der Waals surface area contributed by atoms with Crippen molar-refractivity contribution >= 4 is 46.9 Å². The number of hydrogen-bond donors (Lipinski definition) is 8. The molecule has 0 aromatic heterocycles. The average Bonchev–Trinajstić information content (AvgIpc) is 1.97. The number of hydrogen-bond acceptors (Lipinski definition) is 11. The first-order chi connectivity index (χ1) is 10.5. The van der Waals surface area contributed by atoms with Crippen LogP contribution in [0.4, 0.5) is 0 Å². The van der Waals surface area contributed by atoms with E-state index in [1.54, 1.807) is 0 Å². The van der Waals surface area contributed by atoms with Crippen LogP contribution in [0.1, 0.15) is 1.43 Å². The van der Waals surface area contributed by atoms with E-state index in [0.29, 0.717) is 0 Å². The van der Waals surface area contributed by atoms with Gasteiger partial charge in [-0.3, -0.25) is 0 Å². The zero-order valence-corrected chi connectivity index (χ0v) is 17.1. The SMILES string of the molecule is O=P(O)(O)OP(=O)(O)OP(=O)(O)OP(=O)(O)OP(=O)(O)OP(=O)(O)O.[H-].[Li+]. The van der Waals surface area contributed by atoms with E-state index in [1.165, 1.54) is 0 Å². The first-order valence-electron chi connectivity index (χ1n) is 4.52. The van der Waals surface area contributed by atoms with E-state index in [1.807, 2.05) is 0 Å². The Balaban J connectivity index is -0.00000288. The van der Waals surface area contributed by atoms with Gasteiger partial charge in [0.2, 0.25) is 0 Å². The molecule has 0 aliphatic carbocycles. The van der Waals surface area contributed by atoms with Crippen molar-refractivity contribution < 1.29 is 108 Å².